The fourth-order valence-electron chi connectivity index (χ4n) is 5.35. The van der Waals surface area contributed by atoms with Crippen LogP contribution >= 0.6 is 0 Å². The summed E-state index contributed by atoms with van der Waals surface area (Å²) >= 11 is 0. The molecule has 0 bridgehead atoms. The molecule has 3 atom stereocenters. The third-order valence-electron chi connectivity index (χ3n) is 6.41. The zero-order chi connectivity index (χ0) is 17.7. The van der Waals surface area contributed by atoms with E-state index in [9.17, 15) is 4.79 Å². The minimum absolute atomic E-state index is 0.292. The number of amides is 1. The van der Waals surface area contributed by atoms with Crippen molar-refractivity contribution in [1.29, 1.82) is 0 Å². The maximum absolute atomic E-state index is 11.8. The highest BCUT2D eigenvalue weighted by atomic mass is 16.6. The minimum Gasteiger partial charge on any atom is -0.444 e. The second kappa shape index (κ2) is 6.37. The standard InChI is InChI=1S/C18H33N5O2/c1-18(2,3)25-17(24)19-5-4-12-23-13-10-21-7-6-20-8-9-22(11-14-23)16(23)15(20)21/h15-16H,4-14H2,1-3H3/p+1. The number of hydrogen-bond donors (Lipinski definition) is 1. The summed E-state index contributed by atoms with van der Waals surface area (Å²) in [4.78, 5) is 20.0. The van der Waals surface area contributed by atoms with Gasteiger partial charge in [-0.3, -0.25) is 9.80 Å². The average Bonchev–Trinajstić information content (AvgIpc) is 3.10. The first-order chi connectivity index (χ1) is 11.9. The molecule has 3 unspecified atom stereocenters. The molecule has 0 aromatic carbocycles. The van der Waals surface area contributed by atoms with Crippen molar-refractivity contribution in [3.63, 3.8) is 0 Å². The summed E-state index contributed by atoms with van der Waals surface area (Å²) in [7, 11) is 0. The van der Waals surface area contributed by atoms with E-state index in [2.05, 4.69) is 20.0 Å². The molecule has 4 saturated heterocycles. The Labute approximate surface area is 151 Å². The monoisotopic (exact) mass is 352 g/mol. The van der Waals surface area contributed by atoms with E-state index in [1.807, 2.05) is 20.8 Å². The third kappa shape index (κ3) is 3.27. The molecule has 7 heteroatoms. The van der Waals surface area contributed by atoms with Gasteiger partial charge in [-0.25, -0.2) is 9.69 Å². The van der Waals surface area contributed by atoms with E-state index < -0.39 is 5.60 Å². The van der Waals surface area contributed by atoms with Crippen molar-refractivity contribution in [3.05, 3.63) is 0 Å². The molecule has 0 spiro atoms. The van der Waals surface area contributed by atoms with Crippen LogP contribution in [0.5, 0.6) is 0 Å². The quantitative estimate of drug-likeness (QED) is 0.584. The Morgan fingerprint density at radius 1 is 1.04 bits per heavy atom. The van der Waals surface area contributed by atoms with Crippen LogP contribution in [-0.2, 0) is 4.74 Å². The molecule has 0 aromatic rings. The van der Waals surface area contributed by atoms with Gasteiger partial charge in [-0.05, 0) is 20.8 Å². The fraction of sp³-hybridized carbons (Fsp3) is 0.944. The van der Waals surface area contributed by atoms with Gasteiger partial charge in [0.1, 0.15) is 11.8 Å². The highest BCUT2D eigenvalue weighted by Gasteiger charge is 2.59. The number of nitrogens with zero attached hydrogens (tertiary/aromatic N) is 4. The van der Waals surface area contributed by atoms with Crippen LogP contribution in [0, 0.1) is 0 Å². The topological polar surface area (TPSA) is 48.1 Å². The molecule has 0 radical (unpaired) electrons. The van der Waals surface area contributed by atoms with Crippen LogP contribution in [0.15, 0.2) is 0 Å². The van der Waals surface area contributed by atoms with Crippen LogP contribution in [0.4, 0.5) is 4.79 Å². The summed E-state index contributed by atoms with van der Waals surface area (Å²) in [5.41, 5.74) is -0.425. The molecule has 4 aliphatic rings. The molecule has 4 aliphatic heterocycles. The Morgan fingerprint density at radius 2 is 1.64 bits per heavy atom. The summed E-state index contributed by atoms with van der Waals surface area (Å²) in [6.07, 6.45) is 2.01. The number of ether oxygens (including phenoxy) is 1. The third-order valence-corrected chi connectivity index (χ3v) is 6.41. The number of rotatable bonds is 4. The lowest BCUT2D eigenvalue weighted by atomic mass is 10.1. The first-order valence-electron chi connectivity index (χ1n) is 9.93. The van der Waals surface area contributed by atoms with Gasteiger partial charge in [-0.2, -0.15) is 0 Å². The van der Waals surface area contributed by atoms with Crippen LogP contribution in [-0.4, -0.2) is 109 Å². The second-order valence-corrected chi connectivity index (χ2v) is 9.11. The van der Waals surface area contributed by atoms with Gasteiger partial charge in [-0.1, -0.05) is 0 Å². The lowest BCUT2D eigenvalue weighted by Gasteiger charge is -2.54. The number of hydrogen-bond acceptors (Lipinski definition) is 5. The molecule has 7 nitrogen and oxygen atoms in total. The van der Waals surface area contributed by atoms with E-state index in [4.69, 9.17) is 4.74 Å². The van der Waals surface area contributed by atoms with Crippen molar-refractivity contribution in [1.82, 2.24) is 20.0 Å². The van der Waals surface area contributed by atoms with Gasteiger partial charge in [0.05, 0.1) is 26.2 Å². The van der Waals surface area contributed by atoms with Gasteiger partial charge in [0.15, 0.2) is 6.17 Å². The van der Waals surface area contributed by atoms with E-state index >= 15 is 0 Å². The average molecular weight is 353 g/mol. The Morgan fingerprint density at radius 3 is 2.32 bits per heavy atom. The highest BCUT2D eigenvalue weighted by molar-refractivity contribution is 5.67. The maximum Gasteiger partial charge on any atom is 0.407 e. The summed E-state index contributed by atoms with van der Waals surface area (Å²) in [6.45, 7) is 17.5. The molecule has 1 amide bonds. The van der Waals surface area contributed by atoms with Crippen molar-refractivity contribution in [2.45, 2.75) is 45.1 Å². The first kappa shape index (κ1) is 17.5. The first-order valence-corrected chi connectivity index (χ1v) is 9.93. The van der Waals surface area contributed by atoms with Gasteiger partial charge >= 0.3 is 6.09 Å². The Hall–Kier alpha value is -0.890. The Bertz CT molecular complexity index is 516. The van der Waals surface area contributed by atoms with E-state index in [0.717, 1.165) is 13.0 Å². The molecule has 0 aliphatic carbocycles. The molecule has 0 saturated carbocycles. The predicted molar refractivity (Wildman–Crippen MR) is 96.0 cm³/mol. The number of carbonyl (C=O) groups excluding carboxylic acids is 1. The van der Waals surface area contributed by atoms with Crippen molar-refractivity contribution in [3.8, 4) is 0 Å². The summed E-state index contributed by atoms with van der Waals surface area (Å²) in [5.74, 6) is 0. The normalized spacial score (nSPS) is 35.6. The number of alkyl carbamates (subject to hydrolysis) is 1. The second-order valence-electron chi connectivity index (χ2n) is 9.11. The van der Waals surface area contributed by atoms with E-state index in [1.165, 1.54) is 56.8 Å². The smallest absolute Gasteiger partial charge is 0.407 e. The highest BCUT2D eigenvalue weighted by Crippen LogP contribution is 2.38. The minimum atomic E-state index is -0.425. The lowest BCUT2D eigenvalue weighted by molar-refractivity contribution is -0.954. The van der Waals surface area contributed by atoms with Gasteiger partial charge in [0.25, 0.3) is 0 Å². The predicted octanol–water partition coefficient (Wildman–Crippen LogP) is 0.331. The Balaban J connectivity index is 1.33. The SMILES string of the molecule is CC(C)(C)OC(=O)NCCC[N+]12CCN3CCN4CCN(CC1)C2C43. The lowest BCUT2D eigenvalue weighted by Crippen LogP contribution is -2.73. The van der Waals surface area contributed by atoms with Crippen molar-refractivity contribution in [2.75, 3.05) is 65.4 Å². The molecule has 4 rings (SSSR count). The molecule has 0 aromatic heterocycles. The van der Waals surface area contributed by atoms with Gasteiger partial charge < -0.3 is 14.5 Å². The number of piperazine rings is 2. The van der Waals surface area contributed by atoms with Crippen LogP contribution in [0.1, 0.15) is 27.2 Å². The van der Waals surface area contributed by atoms with Crippen LogP contribution in [0.2, 0.25) is 0 Å². The molecular weight excluding hydrogens is 318 g/mol. The molecular formula is C18H34N5O2+. The van der Waals surface area contributed by atoms with E-state index in [-0.39, 0.29) is 6.09 Å². The number of carbonyl (C=O) groups is 1. The molecule has 4 fully saturated rings. The van der Waals surface area contributed by atoms with Crippen molar-refractivity contribution < 1.29 is 14.0 Å². The summed E-state index contributed by atoms with van der Waals surface area (Å²) < 4.78 is 6.56. The Kier molecular flexibility index (Phi) is 4.46. The molecule has 142 valence electrons. The molecule has 4 heterocycles. The van der Waals surface area contributed by atoms with Crippen molar-refractivity contribution >= 4 is 6.09 Å². The maximum atomic E-state index is 11.8. The number of quaternary nitrogens is 1. The van der Waals surface area contributed by atoms with Gasteiger partial charge in [0.2, 0.25) is 0 Å². The van der Waals surface area contributed by atoms with Crippen LogP contribution in [0.25, 0.3) is 0 Å². The zero-order valence-corrected chi connectivity index (χ0v) is 16.0. The number of nitrogens with one attached hydrogen (secondary N) is 1. The molecule has 25 heavy (non-hydrogen) atoms. The van der Waals surface area contributed by atoms with Crippen molar-refractivity contribution in [2.24, 2.45) is 0 Å². The van der Waals surface area contributed by atoms with E-state index in [1.54, 1.807) is 0 Å². The van der Waals surface area contributed by atoms with E-state index in [0.29, 0.717) is 18.9 Å². The summed E-state index contributed by atoms with van der Waals surface area (Å²) in [6, 6.07) is 0. The van der Waals surface area contributed by atoms with Gasteiger partial charge in [-0.15, -0.1) is 0 Å². The fourth-order valence-corrected chi connectivity index (χ4v) is 5.35. The van der Waals surface area contributed by atoms with Crippen LogP contribution < -0.4 is 5.32 Å². The molecule has 1 N–H and O–H groups in total. The summed E-state index contributed by atoms with van der Waals surface area (Å²) in [5, 5.41) is 2.93. The largest absolute Gasteiger partial charge is 0.444 e. The van der Waals surface area contributed by atoms with Crippen LogP contribution in [0.3, 0.4) is 0 Å². The van der Waals surface area contributed by atoms with Gasteiger partial charge in [0, 0.05) is 45.7 Å². The zero-order valence-electron chi connectivity index (χ0n) is 16.0.